The molecule has 6 heteroatoms. The zero-order valence-corrected chi connectivity index (χ0v) is 28.4. The number of aldehydes is 1. The lowest BCUT2D eigenvalue weighted by Gasteiger charge is -2.37. The van der Waals surface area contributed by atoms with Crippen molar-refractivity contribution in [2.24, 2.45) is 0 Å². The molecule has 0 spiro atoms. The number of nitrogens with zero attached hydrogens (tertiary/aromatic N) is 4. The van der Waals surface area contributed by atoms with Gasteiger partial charge in [0.2, 0.25) is 5.78 Å². The first-order valence-corrected chi connectivity index (χ1v) is 17.4. The van der Waals surface area contributed by atoms with Crippen molar-refractivity contribution in [1.82, 2.24) is 9.88 Å². The van der Waals surface area contributed by atoms with Crippen molar-refractivity contribution in [3.05, 3.63) is 161 Å². The lowest BCUT2D eigenvalue weighted by molar-refractivity contribution is -0.131. The van der Waals surface area contributed by atoms with Crippen molar-refractivity contribution in [3.8, 4) is 0 Å². The largest absolute Gasteiger partial charge is 0.357 e. The third kappa shape index (κ3) is 6.06. The summed E-state index contributed by atoms with van der Waals surface area (Å²) in [6.07, 6.45) is 6.04. The Balaban J connectivity index is 1.26. The molecule has 0 saturated carbocycles. The minimum absolute atomic E-state index is 0.410. The number of Topliss-reactive ketones (excluding diaryl/α,β-unsaturated/α-hetero) is 1. The van der Waals surface area contributed by atoms with Crippen LogP contribution in [0.4, 0.5) is 11.5 Å². The van der Waals surface area contributed by atoms with Crippen LogP contribution in [-0.2, 0) is 21.5 Å². The van der Waals surface area contributed by atoms with E-state index in [9.17, 15) is 9.59 Å². The van der Waals surface area contributed by atoms with Gasteiger partial charge in [-0.3, -0.25) is 14.5 Å². The normalized spacial score (nSPS) is 18.0. The SMILES string of the molecule is CC1(C)C(C(=O)C=O)N(c2ccc(C(c3ccccc3)(c3ccccc3)c3ccccc3)cc2)CN1Cc1ccnc(N2CCCCC2)c1. The molecule has 0 radical (unpaired) electrons. The molecule has 3 heterocycles. The van der Waals surface area contributed by atoms with Gasteiger partial charge < -0.3 is 9.80 Å². The van der Waals surface area contributed by atoms with Gasteiger partial charge in [0, 0.05) is 37.1 Å². The first-order valence-electron chi connectivity index (χ1n) is 17.4. The van der Waals surface area contributed by atoms with Gasteiger partial charge in [-0.25, -0.2) is 4.98 Å². The summed E-state index contributed by atoms with van der Waals surface area (Å²) in [6, 6.07) is 44.2. The van der Waals surface area contributed by atoms with E-state index in [2.05, 4.69) is 161 Å². The Labute approximate surface area is 290 Å². The fourth-order valence-electron chi connectivity index (χ4n) is 8.10. The predicted octanol–water partition coefficient (Wildman–Crippen LogP) is 7.65. The monoisotopic (exact) mass is 648 g/mol. The summed E-state index contributed by atoms with van der Waals surface area (Å²) in [4.78, 5) is 37.0. The molecule has 0 aliphatic carbocycles. The first kappa shape index (κ1) is 32.5. The van der Waals surface area contributed by atoms with Crippen molar-refractivity contribution >= 4 is 23.6 Å². The van der Waals surface area contributed by atoms with Gasteiger partial charge in [0.25, 0.3) is 0 Å². The van der Waals surface area contributed by atoms with Gasteiger partial charge in [0.05, 0.1) is 12.1 Å². The van der Waals surface area contributed by atoms with E-state index in [1.165, 1.54) is 36.0 Å². The fraction of sp³-hybridized carbons (Fsp3) is 0.279. The standard InChI is InChI=1S/C43H44N4O2/c1-42(2)41(39(49)31-48)47(32-46(42)30-33-25-26-44-40(29-33)45-27-13-6-14-28-45)38-23-21-37(22-24-38)43(34-15-7-3-8-16-34,35-17-9-4-10-18-35)36-19-11-5-12-20-36/h3-5,7-12,15-26,29,31,41H,6,13-14,27-28,30,32H2,1-2H3. The van der Waals surface area contributed by atoms with Crippen LogP contribution >= 0.6 is 0 Å². The van der Waals surface area contributed by atoms with Crippen LogP contribution in [0.2, 0.25) is 0 Å². The number of carbonyl (C=O) groups is 2. The molecule has 1 aromatic heterocycles. The molecule has 1 unspecified atom stereocenters. The Hall–Kier alpha value is -5.07. The molecule has 0 N–H and O–H groups in total. The summed E-state index contributed by atoms with van der Waals surface area (Å²) in [7, 11) is 0. The van der Waals surface area contributed by atoms with Crippen LogP contribution < -0.4 is 9.80 Å². The van der Waals surface area contributed by atoms with Crippen LogP contribution in [0.5, 0.6) is 0 Å². The van der Waals surface area contributed by atoms with Crippen LogP contribution in [0, 0.1) is 0 Å². The molecule has 2 aliphatic rings. The van der Waals surface area contributed by atoms with E-state index >= 15 is 0 Å². The number of carbonyl (C=O) groups excluding carboxylic acids is 2. The van der Waals surface area contributed by atoms with Crippen LogP contribution in [-0.4, -0.2) is 53.3 Å². The number of benzene rings is 4. The summed E-state index contributed by atoms with van der Waals surface area (Å²) in [5.74, 6) is 0.605. The minimum atomic E-state index is -0.624. The first-order chi connectivity index (χ1) is 23.9. The lowest BCUT2D eigenvalue weighted by atomic mass is 9.65. The second-order valence-corrected chi connectivity index (χ2v) is 13.9. The maximum absolute atomic E-state index is 13.4. The summed E-state index contributed by atoms with van der Waals surface area (Å²) < 4.78 is 0. The van der Waals surface area contributed by atoms with Crippen molar-refractivity contribution in [2.45, 2.75) is 56.7 Å². The molecular weight excluding hydrogens is 604 g/mol. The second kappa shape index (κ2) is 13.8. The van der Waals surface area contributed by atoms with Crippen LogP contribution in [0.3, 0.4) is 0 Å². The lowest BCUT2D eigenvalue weighted by Crippen LogP contribution is -2.51. The highest BCUT2D eigenvalue weighted by atomic mass is 16.2. The average Bonchev–Trinajstić information content (AvgIpc) is 3.42. The summed E-state index contributed by atoms with van der Waals surface area (Å²) >= 11 is 0. The molecule has 4 aromatic carbocycles. The number of ketones is 1. The van der Waals surface area contributed by atoms with Crippen molar-refractivity contribution in [3.63, 3.8) is 0 Å². The van der Waals surface area contributed by atoms with Gasteiger partial charge in [-0.1, -0.05) is 103 Å². The highest BCUT2D eigenvalue weighted by Crippen LogP contribution is 2.46. The zero-order valence-electron chi connectivity index (χ0n) is 28.4. The van der Waals surface area contributed by atoms with Crippen molar-refractivity contribution < 1.29 is 9.59 Å². The van der Waals surface area contributed by atoms with Gasteiger partial charge in [0.15, 0.2) is 6.29 Å². The van der Waals surface area contributed by atoms with E-state index in [0.717, 1.165) is 35.7 Å². The highest BCUT2D eigenvalue weighted by molar-refractivity contribution is 6.28. The molecular formula is C43H44N4O2. The Bertz CT molecular complexity index is 1770. The molecule has 2 aliphatic heterocycles. The topological polar surface area (TPSA) is 56.8 Å². The van der Waals surface area contributed by atoms with E-state index in [-0.39, 0.29) is 0 Å². The molecule has 2 saturated heterocycles. The van der Waals surface area contributed by atoms with Crippen molar-refractivity contribution in [1.29, 1.82) is 0 Å². The summed E-state index contributed by atoms with van der Waals surface area (Å²) in [5, 5.41) is 0. The number of hydrogen-bond acceptors (Lipinski definition) is 6. The maximum Gasteiger partial charge on any atom is 0.219 e. The van der Waals surface area contributed by atoms with E-state index in [1.807, 2.05) is 6.20 Å². The van der Waals surface area contributed by atoms with Gasteiger partial charge in [0.1, 0.15) is 11.9 Å². The molecule has 49 heavy (non-hydrogen) atoms. The highest BCUT2D eigenvalue weighted by Gasteiger charge is 2.50. The quantitative estimate of drug-likeness (QED) is 0.0881. The molecule has 2 fully saturated rings. The number of rotatable bonds is 10. The second-order valence-electron chi connectivity index (χ2n) is 13.9. The summed E-state index contributed by atoms with van der Waals surface area (Å²) in [5.41, 5.74) is 5.53. The van der Waals surface area contributed by atoms with Gasteiger partial charge in [-0.05, 0) is 85.2 Å². The Morgan fingerprint density at radius 2 is 1.29 bits per heavy atom. The number of hydrogen-bond donors (Lipinski definition) is 0. The maximum atomic E-state index is 13.4. The van der Waals surface area contributed by atoms with Gasteiger partial charge in [-0.15, -0.1) is 0 Å². The Kier molecular flexibility index (Phi) is 9.15. The Morgan fingerprint density at radius 3 is 1.82 bits per heavy atom. The zero-order chi connectivity index (χ0) is 33.8. The number of piperidine rings is 1. The fourth-order valence-corrected chi connectivity index (χ4v) is 8.10. The smallest absolute Gasteiger partial charge is 0.219 e. The molecule has 0 bridgehead atoms. The number of pyridine rings is 1. The number of anilines is 2. The van der Waals surface area contributed by atoms with Crippen LogP contribution in [0.1, 0.15) is 60.9 Å². The van der Waals surface area contributed by atoms with E-state index < -0.39 is 22.8 Å². The van der Waals surface area contributed by atoms with Gasteiger partial charge >= 0.3 is 0 Å². The van der Waals surface area contributed by atoms with E-state index in [0.29, 0.717) is 19.5 Å². The van der Waals surface area contributed by atoms with Crippen LogP contribution in [0.15, 0.2) is 134 Å². The molecule has 248 valence electrons. The third-order valence-corrected chi connectivity index (χ3v) is 10.6. The van der Waals surface area contributed by atoms with E-state index in [4.69, 9.17) is 0 Å². The van der Waals surface area contributed by atoms with Crippen molar-refractivity contribution in [2.75, 3.05) is 29.6 Å². The van der Waals surface area contributed by atoms with Crippen LogP contribution in [0.25, 0.3) is 0 Å². The molecule has 5 aromatic rings. The minimum Gasteiger partial charge on any atom is -0.357 e. The molecule has 0 amide bonds. The molecule has 1 atom stereocenters. The molecule has 6 nitrogen and oxygen atoms in total. The number of aromatic nitrogens is 1. The average molecular weight is 649 g/mol. The molecule has 7 rings (SSSR count). The third-order valence-electron chi connectivity index (χ3n) is 10.6. The van der Waals surface area contributed by atoms with Gasteiger partial charge in [-0.2, -0.15) is 0 Å². The predicted molar refractivity (Wildman–Crippen MR) is 197 cm³/mol. The summed E-state index contributed by atoms with van der Waals surface area (Å²) in [6.45, 7) is 7.37. The van der Waals surface area contributed by atoms with E-state index in [1.54, 1.807) is 0 Å². The Morgan fingerprint density at radius 1 is 0.755 bits per heavy atom.